The molecule has 0 aromatic carbocycles. The summed E-state index contributed by atoms with van der Waals surface area (Å²) in [6, 6.07) is 8.59. The van der Waals surface area contributed by atoms with Crippen molar-refractivity contribution in [2.45, 2.75) is 12.8 Å². The Balaban J connectivity index is 2.11. The molecule has 3 rings (SSSR count). The predicted octanol–water partition coefficient (Wildman–Crippen LogP) is 2.54. The smallest absolute Gasteiger partial charge is 0.0685 e. The summed E-state index contributed by atoms with van der Waals surface area (Å²) < 4.78 is 2.19. The topological polar surface area (TPSA) is 7.65 Å². The summed E-state index contributed by atoms with van der Waals surface area (Å²) in [7, 11) is 0. The lowest BCUT2D eigenvalue weighted by atomic mass is 10.3. The molecule has 0 aliphatic carbocycles. The summed E-state index contributed by atoms with van der Waals surface area (Å²) in [5.74, 6) is 0. The maximum absolute atomic E-state index is 2.48. The quantitative estimate of drug-likeness (QED) is 0.664. The zero-order valence-corrected chi connectivity index (χ0v) is 8.19. The van der Waals surface area contributed by atoms with Crippen molar-refractivity contribution >= 4 is 11.2 Å². The van der Waals surface area contributed by atoms with E-state index in [0.29, 0.717) is 0 Å². The van der Waals surface area contributed by atoms with Crippen molar-refractivity contribution in [1.82, 2.24) is 4.40 Å². The summed E-state index contributed by atoms with van der Waals surface area (Å²) >= 11 is 0. The Labute approximate surface area is 83.8 Å². The van der Waals surface area contributed by atoms with Gasteiger partial charge in [-0.15, -0.1) is 0 Å². The van der Waals surface area contributed by atoms with Gasteiger partial charge < -0.3 is 9.30 Å². The molecule has 0 amide bonds. The molecule has 0 radical (unpaired) electrons. The van der Waals surface area contributed by atoms with Crippen molar-refractivity contribution in [1.29, 1.82) is 0 Å². The first-order chi connectivity index (χ1) is 6.95. The standard InChI is InChI=1S/C12H14N2/c1-2-7-14-10-6-12(11(14)5-1)13-8-3-4-9-13/h1-2,5-7,10H,3-4,8-9H2. The minimum absolute atomic E-state index is 1.22. The second-order valence-corrected chi connectivity index (χ2v) is 3.89. The van der Waals surface area contributed by atoms with Crippen LogP contribution in [0.25, 0.3) is 5.52 Å². The van der Waals surface area contributed by atoms with Gasteiger partial charge in [0.05, 0.1) is 11.2 Å². The van der Waals surface area contributed by atoms with Crippen molar-refractivity contribution in [3.05, 3.63) is 36.7 Å². The molecule has 2 aromatic rings. The fourth-order valence-electron chi connectivity index (χ4n) is 2.26. The molecular formula is C12H14N2. The Morgan fingerprint density at radius 2 is 1.79 bits per heavy atom. The van der Waals surface area contributed by atoms with Crippen LogP contribution in [0.15, 0.2) is 36.7 Å². The molecule has 0 spiro atoms. The Morgan fingerprint density at radius 1 is 0.929 bits per heavy atom. The molecule has 2 heteroatoms. The van der Waals surface area contributed by atoms with Crippen molar-refractivity contribution in [2.24, 2.45) is 0 Å². The minimum Gasteiger partial charge on any atom is -0.370 e. The molecule has 1 aliphatic rings. The van der Waals surface area contributed by atoms with Crippen LogP contribution in [0.3, 0.4) is 0 Å². The Bertz CT molecular complexity index is 438. The summed E-state index contributed by atoms with van der Waals surface area (Å²) in [6.07, 6.45) is 6.92. The number of fused-ring (bicyclic) bond motifs is 1. The van der Waals surface area contributed by atoms with Crippen LogP contribution in [-0.4, -0.2) is 17.5 Å². The number of pyridine rings is 1. The van der Waals surface area contributed by atoms with Gasteiger partial charge in [-0.1, -0.05) is 6.07 Å². The lowest BCUT2D eigenvalue weighted by Crippen LogP contribution is -2.17. The van der Waals surface area contributed by atoms with Gasteiger partial charge in [0.1, 0.15) is 0 Å². The molecule has 0 atom stereocenters. The maximum Gasteiger partial charge on any atom is 0.0685 e. The van der Waals surface area contributed by atoms with Crippen molar-refractivity contribution in [3.8, 4) is 0 Å². The molecule has 3 heterocycles. The third kappa shape index (κ3) is 1.10. The molecule has 1 saturated heterocycles. The highest BCUT2D eigenvalue weighted by Gasteiger charge is 2.14. The van der Waals surface area contributed by atoms with Crippen molar-refractivity contribution in [2.75, 3.05) is 18.0 Å². The summed E-state index contributed by atoms with van der Waals surface area (Å²) in [4.78, 5) is 2.48. The lowest BCUT2D eigenvalue weighted by Gasteiger charge is -2.16. The number of hydrogen-bond donors (Lipinski definition) is 0. The molecule has 72 valence electrons. The maximum atomic E-state index is 2.48. The molecule has 2 aromatic heterocycles. The first-order valence-corrected chi connectivity index (χ1v) is 5.26. The third-order valence-corrected chi connectivity index (χ3v) is 2.99. The van der Waals surface area contributed by atoms with Gasteiger partial charge in [0.25, 0.3) is 0 Å². The average molecular weight is 186 g/mol. The lowest BCUT2D eigenvalue weighted by molar-refractivity contribution is 0.949. The van der Waals surface area contributed by atoms with Crippen LogP contribution >= 0.6 is 0 Å². The Hall–Kier alpha value is -1.44. The molecule has 0 saturated carbocycles. The first kappa shape index (κ1) is 7.92. The van der Waals surface area contributed by atoms with Gasteiger partial charge in [-0.25, -0.2) is 0 Å². The number of hydrogen-bond acceptors (Lipinski definition) is 1. The summed E-state index contributed by atoms with van der Waals surface area (Å²) in [5, 5.41) is 0. The third-order valence-electron chi connectivity index (χ3n) is 2.99. The van der Waals surface area contributed by atoms with E-state index in [1.807, 2.05) is 0 Å². The van der Waals surface area contributed by atoms with Crippen LogP contribution in [0.2, 0.25) is 0 Å². The van der Waals surface area contributed by atoms with Crippen LogP contribution in [0.5, 0.6) is 0 Å². The second kappa shape index (κ2) is 3.05. The van der Waals surface area contributed by atoms with E-state index in [1.54, 1.807) is 0 Å². The van der Waals surface area contributed by atoms with Gasteiger partial charge in [-0.3, -0.25) is 0 Å². The van der Waals surface area contributed by atoms with Gasteiger partial charge in [-0.2, -0.15) is 0 Å². The van der Waals surface area contributed by atoms with E-state index in [4.69, 9.17) is 0 Å². The molecule has 0 unspecified atom stereocenters. The zero-order chi connectivity index (χ0) is 9.38. The van der Waals surface area contributed by atoms with E-state index in [0.717, 1.165) is 0 Å². The van der Waals surface area contributed by atoms with Gasteiger partial charge in [-0.05, 0) is 31.0 Å². The Kier molecular flexibility index (Phi) is 1.72. The summed E-state index contributed by atoms with van der Waals surface area (Å²) in [5.41, 5.74) is 2.72. The zero-order valence-electron chi connectivity index (χ0n) is 8.19. The summed E-state index contributed by atoms with van der Waals surface area (Å²) in [6.45, 7) is 2.43. The van der Waals surface area contributed by atoms with E-state index in [1.165, 1.54) is 37.1 Å². The molecule has 14 heavy (non-hydrogen) atoms. The van der Waals surface area contributed by atoms with Crippen LogP contribution in [0.1, 0.15) is 12.8 Å². The van der Waals surface area contributed by atoms with Crippen LogP contribution < -0.4 is 4.90 Å². The van der Waals surface area contributed by atoms with E-state index >= 15 is 0 Å². The average Bonchev–Trinajstić information content (AvgIpc) is 2.85. The SMILES string of the molecule is c1ccn2ccc(N3CCCC3)c2c1. The molecule has 1 fully saturated rings. The first-order valence-electron chi connectivity index (χ1n) is 5.26. The van der Waals surface area contributed by atoms with Gasteiger partial charge in [0, 0.05) is 25.5 Å². The van der Waals surface area contributed by atoms with E-state index in [9.17, 15) is 0 Å². The normalized spacial score (nSPS) is 16.7. The van der Waals surface area contributed by atoms with Crippen LogP contribution in [0.4, 0.5) is 5.69 Å². The molecule has 0 bridgehead atoms. The van der Waals surface area contributed by atoms with E-state index in [-0.39, 0.29) is 0 Å². The number of anilines is 1. The highest BCUT2D eigenvalue weighted by atomic mass is 15.2. The highest BCUT2D eigenvalue weighted by molar-refractivity contribution is 5.74. The van der Waals surface area contributed by atoms with Gasteiger partial charge in [0.15, 0.2) is 0 Å². The number of rotatable bonds is 1. The number of aromatic nitrogens is 1. The van der Waals surface area contributed by atoms with Crippen molar-refractivity contribution in [3.63, 3.8) is 0 Å². The van der Waals surface area contributed by atoms with Crippen LogP contribution in [0, 0.1) is 0 Å². The molecule has 1 aliphatic heterocycles. The largest absolute Gasteiger partial charge is 0.370 e. The fraction of sp³-hybridized carbons (Fsp3) is 0.333. The number of nitrogens with zero attached hydrogens (tertiary/aromatic N) is 2. The van der Waals surface area contributed by atoms with Crippen molar-refractivity contribution < 1.29 is 0 Å². The minimum atomic E-state index is 1.22. The Morgan fingerprint density at radius 3 is 2.64 bits per heavy atom. The van der Waals surface area contributed by atoms with E-state index < -0.39 is 0 Å². The fourth-order valence-corrected chi connectivity index (χ4v) is 2.26. The predicted molar refractivity (Wildman–Crippen MR) is 58.8 cm³/mol. The van der Waals surface area contributed by atoms with Gasteiger partial charge in [0.2, 0.25) is 0 Å². The monoisotopic (exact) mass is 186 g/mol. The molecule has 2 nitrogen and oxygen atoms in total. The van der Waals surface area contributed by atoms with Crippen LogP contribution in [-0.2, 0) is 0 Å². The van der Waals surface area contributed by atoms with E-state index in [2.05, 4.69) is 46.0 Å². The molecular weight excluding hydrogens is 172 g/mol. The van der Waals surface area contributed by atoms with Gasteiger partial charge >= 0.3 is 0 Å². The highest BCUT2D eigenvalue weighted by Crippen LogP contribution is 2.25. The second-order valence-electron chi connectivity index (χ2n) is 3.89. The molecule has 0 N–H and O–H groups in total.